The molecule has 0 amide bonds. The molecule has 9 heteroatoms. The van der Waals surface area contributed by atoms with Gasteiger partial charge in [-0.1, -0.05) is 34.7 Å². The molecule has 0 unspecified atom stereocenters. The van der Waals surface area contributed by atoms with Crippen LogP contribution in [0.1, 0.15) is 0 Å². The summed E-state index contributed by atoms with van der Waals surface area (Å²) >= 11 is 7.95. The number of nitrogens with one attached hydrogen (secondary N) is 1. The number of benzene rings is 1. The number of aliphatic carboxylic acids is 1. The summed E-state index contributed by atoms with van der Waals surface area (Å²) in [6.07, 6.45) is 0. The normalized spacial score (nSPS) is 10.4. The molecular weight excluding hydrogens is 313 g/mol. The molecule has 0 aliphatic heterocycles. The summed E-state index contributed by atoms with van der Waals surface area (Å²) in [4.78, 5) is 10.4. The van der Waals surface area contributed by atoms with Gasteiger partial charge in [-0.05, 0) is 18.2 Å². The van der Waals surface area contributed by atoms with Crippen LogP contribution in [0.15, 0.2) is 22.5 Å². The molecule has 0 radical (unpaired) electrons. The van der Waals surface area contributed by atoms with Gasteiger partial charge in [0.15, 0.2) is 4.34 Å². The fraction of sp³-hybridized carbons (Fsp3) is 0.100. The molecule has 0 saturated carbocycles. The maximum absolute atomic E-state index is 13.0. The second-order valence-corrected chi connectivity index (χ2v) is 5.92. The second kappa shape index (κ2) is 6.18. The number of nitrogens with zero attached hydrogens (tertiary/aromatic N) is 2. The van der Waals surface area contributed by atoms with E-state index in [0.29, 0.717) is 15.2 Å². The highest BCUT2D eigenvalue weighted by Gasteiger charge is 2.08. The second-order valence-electron chi connectivity index (χ2n) is 3.31. The number of anilines is 2. The molecule has 0 atom stereocenters. The minimum absolute atomic E-state index is 0.00925. The van der Waals surface area contributed by atoms with Crippen molar-refractivity contribution < 1.29 is 14.3 Å². The Bertz CT molecular complexity index is 608. The summed E-state index contributed by atoms with van der Waals surface area (Å²) in [6.45, 7) is 0. The molecule has 0 fully saturated rings. The van der Waals surface area contributed by atoms with Crippen molar-refractivity contribution in [2.24, 2.45) is 0 Å². The van der Waals surface area contributed by atoms with Gasteiger partial charge in [0.2, 0.25) is 5.13 Å². The zero-order chi connectivity index (χ0) is 13.8. The molecule has 2 N–H and O–H groups in total. The van der Waals surface area contributed by atoms with E-state index in [4.69, 9.17) is 16.7 Å². The summed E-state index contributed by atoms with van der Waals surface area (Å²) in [5, 5.41) is 19.6. The summed E-state index contributed by atoms with van der Waals surface area (Å²) in [5.41, 5.74) is 0.581. The fourth-order valence-electron chi connectivity index (χ4n) is 1.14. The molecule has 0 aliphatic rings. The summed E-state index contributed by atoms with van der Waals surface area (Å²) < 4.78 is 13.5. The Balaban J connectivity index is 2.02. The molecule has 0 bridgehead atoms. The van der Waals surface area contributed by atoms with Crippen LogP contribution in [0, 0.1) is 5.82 Å². The molecule has 5 nitrogen and oxygen atoms in total. The molecule has 2 rings (SSSR count). The van der Waals surface area contributed by atoms with Crippen molar-refractivity contribution in [3.05, 3.63) is 29.0 Å². The molecule has 1 aromatic heterocycles. The molecule has 2 aromatic rings. The van der Waals surface area contributed by atoms with Gasteiger partial charge < -0.3 is 10.4 Å². The predicted molar refractivity (Wildman–Crippen MR) is 73.0 cm³/mol. The Morgan fingerprint density at radius 1 is 1.53 bits per heavy atom. The van der Waals surface area contributed by atoms with Gasteiger partial charge in [-0.2, -0.15) is 0 Å². The van der Waals surface area contributed by atoms with E-state index >= 15 is 0 Å². The third-order valence-corrected chi connectivity index (χ3v) is 4.14. The number of halogens is 2. The van der Waals surface area contributed by atoms with Crippen LogP contribution in [0.25, 0.3) is 0 Å². The minimum atomic E-state index is -0.917. The largest absolute Gasteiger partial charge is 0.481 e. The zero-order valence-electron chi connectivity index (χ0n) is 9.26. The minimum Gasteiger partial charge on any atom is -0.481 e. The van der Waals surface area contributed by atoms with Crippen molar-refractivity contribution in [1.29, 1.82) is 0 Å². The smallest absolute Gasteiger partial charge is 0.313 e. The monoisotopic (exact) mass is 319 g/mol. The number of thioether (sulfide) groups is 1. The van der Waals surface area contributed by atoms with Crippen molar-refractivity contribution in [3.63, 3.8) is 0 Å². The zero-order valence-corrected chi connectivity index (χ0v) is 11.7. The van der Waals surface area contributed by atoms with Gasteiger partial charge in [0.05, 0.1) is 10.8 Å². The number of carboxylic acids is 1. The van der Waals surface area contributed by atoms with Crippen molar-refractivity contribution in [2.45, 2.75) is 4.34 Å². The van der Waals surface area contributed by atoms with Gasteiger partial charge in [-0.15, -0.1) is 10.2 Å². The number of hydrogen-bond acceptors (Lipinski definition) is 6. The van der Waals surface area contributed by atoms with Crippen molar-refractivity contribution >= 4 is 51.5 Å². The molecule has 100 valence electrons. The van der Waals surface area contributed by atoms with Crippen LogP contribution >= 0.6 is 34.7 Å². The third kappa shape index (κ3) is 4.05. The molecule has 1 aromatic carbocycles. The Morgan fingerprint density at radius 2 is 2.32 bits per heavy atom. The third-order valence-electron chi connectivity index (χ3n) is 1.90. The highest BCUT2D eigenvalue weighted by atomic mass is 35.5. The molecule has 0 spiro atoms. The van der Waals surface area contributed by atoms with E-state index < -0.39 is 11.8 Å². The van der Waals surface area contributed by atoms with Gasteiger partial charge in [-0.25, -0.2) is 4.39 Å². The number of rotatable bonds is 5. The van der Waals surface area contributed by atoms with Crippen LogP contribution in [0.2, 0.25) is 5.02 Å². The first-order chi connectivity index (χ1) is 9.04. The van der Waals surface area contributed by atoms with Gasteiger partial charge >= 0.3 is 5.97 Å². The molecule has 0 saturated heterocycles. The number of carbonyl (C=O) groups is 1. The predicted octanol–water partition coefficient (Wildman–Crippen LogP) is 3.25. The Morgan fingerprint density at radius 3 is 3.00 bits per heavy atom. The topological polar surface area (TPSA) is 75.1 Å². The molecule has 1 heterocycles. The quantitative estimate of drug-likeness (QED) is 0.824. The fourth-order valence-corrected chi connectivity index (χ4v) is 2.81. The lowest BCUT2D eigenvalue weighted by Gasteiger charge is -2.02. The van der Waals surface area contributed by atoms with Crippen LogP contribution in [-0.2, 0) is 4.79 Å². The average molecular weight is 320 g/mol. The van der Waals surface area contributed by atoms with E-state index in [0.717, 1.165) is 11.8 Å². The summed E-state index contributed by atoms with van der Waals surface area (Å²) in [7, 11) is 0. The first-order valence-corrected chi connectivity index (χ1v) is 7.13. The lowest BCUT2D eigenvalue weighted by Crippen LogP contribution is -1.96. The number of carboxylic acid groups (broad SMARTS) is 1. The van der Waals surface area contributed by atoms with E-state index in [9.17, 15) is 9.18 Å². The van der Waals surface area contributed by atoms with Crippen LogP contribution in [-0.4, -0.2) is 27.0 Å². The van der Waals surface area contributed by atoms with Crippen LogP contribution < -0.4 is 5.32 Å². The molecule has 19 heavy (non-hydrogen) atoms. The standard InChI is InChI=1S/C10H7ClFN3O2S2/c11-6-3-5(1-2-7(6)12)13-9-14-15-10(19-9)18-4-8(16)17/h1-3H,4H2,(H,13,14)(H,16,17). The van der Waals surface area contributed by atoms with Crippen molar-refractivity contribution in [2.75, 3.05) is 11.1 Å². The van der Waals surface area contributed by atoms with Gasteiger partial charge in [0.25, 0.3) is 0 Å². The van der Waals surface area contributed by atoms with Crippen molar-refractivity contribution in [3.8, 4) is 0 Å². The summed E-state index contributed by atoms with van der Waals surface area (Å²) in [5.74, 6) is -1.49. The maximum atomic E-state index is 13.0. The lowest BCUT2D eigenvalue weighted by atomic mass is 10.3. The average Bonchev–Trinajstić information content (AvgIpc) is 2.79. The maximum Gasteiger partial charge on any atom is 0.313 e. The molecule has 0 aliphatic carbocycles. The Labute approximate surface area is 120 Å². The van der Waals surface area contributed by atoms with E-state index in [2.05, 4.69) is 15.5 Å². The first-order valence-electron chi connectivity index (χ1n) is 4.95. The van der Waals surface area contributed by atoms with Crippen molar-refractivity contribution in [1.82, 2.24) is 10.2 Å². The first kappa shape index (κ1) is 14.0. The van der Waals surface area contributed by atoms with Crippen LogP contribution in [0.3, 0.4) is 0 Å². The van der Waals surface area contributed by atoms with E-state index in [1.54, 1.807) is 0 Å². The molecular formula is C10H7ClFN3O2S2. The van der Waals surface area contributed by atoms with Gasteiger partial charge in [0.1, 0.15) is 5.82 Å². The number of hydrogen-bond donors (Lipinski definition) is 2. The number of aromatic nitrogens is 2. The lowest BCUT2D eigenvalue weighted by molar-refractivity contribution is -0.133. The highest BCUT2D eigenvalue weighted by molar-refractivity contribution is 8.01. The summed E-state index contributed by atoms with van der Waals surface area (Å²) in [6, 6.07) is 4.20. The van der Waals surface area contributed by atoms with Crippen LogP contribution in [0.5, 0.6) is 0 Å². The Hall–Kier alpha value is -1.38. The van der Waals surface area contributed by atoms with Gasteiger partial charge in [0, 0.05) is 5.69 Å². The van der Waals surface area contributed by atoms with Crippen LogP contribution in [0.4, 0.5) is 15.2 Å². The Kier molecular flexibility index (Phi) is 4.56. The van der Waals surface area contributed by atoms with E-state index in [1.165, 1.54) is 29.5 Å². The SMILES string of the molecule is O=C(O)CSc1nnc(Nc2ccc(F)c(Cl)c2)s1. The van der Waals surface area contributed by atoms with E-state index in [1.807, 2.05) is 0 Å². The van der Waals surface area contributed by atoms with E-state index in [-0.39, 0.29) is 10.8 Å². The highest BCUT2D eigenvalue weighted by Crippen LogP contribution is 2.28. The van der Waals surface area contributed by atoms with Gasteiger partial charge in [-0.3, -0.25) is 4.79 Å².